The third-order valence-electron chi connectivity index (χ3n) is 3.73. The maximum absolute atomic E-state index is 12.2. The first-order valence-corrected chi connectivity index (χ1v) is 5.95. The van der Waals surface area contributed by atoms with E-state index in [0.717, 1.165) is 32.1 Å². The average molecular weight is 251 g/mol. The molecule has 0 unspecified atom stereocenters. The van der Waals surface area contributed by atoms with Crippen molar-refractivity contribution in [1.82, 2.24) is 5.32 Å². The number of alkyl halides is 3. The Hall–Kier alpha value is -0.780. The topological polar surface area (TPSA) is 38.3 Å². The summed E-state index contributed by atoms with van der Waals surface area (Å²) in [5, 5.41) is 2.91. The molecule has 17 heavy (non-hydrogen) atoms. The zero-order chi connectivity index (χ0) is 12.5. The van der Waals surface area contributed by atoms with E-state index in [1.807, 2.05) is 0 Å². The lowest BCUT2D eigenvalue weighted by Gasteiger charge is -2.48. The molecule has 98 valence electrons. The molecule has 1 N–H and O–H groups in total. The second-order valence-corrected chi connectivity index (χ2v) is 4.89. The van der Waals surface area contributed by atoms with Crippen molar-refractivity contribution in [1.29, 1.82) is 0 Å². The maximum atomic E-state index is 12.2. The highest BCUT2D eigenvalue weighted by molar-refractivity contribution is 5.76. The van der Waals surface area contributed by atoms with Crippen LogP contribution in [0.15, 0.2) is 0 Å². The summed E-state index contributed by atoms with van der Waals surface area (Å²) >= 11 is 0. The number of halogens is 3. The Morgan fingerprint density at radius 3 is 2.18 bits per heavy atom. The van der Waals surface area contributed by atoms with Gasteiger partial charge in [-0.05, 0) is 12.8 Å². The summed E-state index contributed by atoms with van der Waals surface area (Å²) in [4.78, 5) is 10.9. The second kappa shape index (κ2) is 4.48. The SMILES string of the molecule is O=C(OC1(C2CCCCC2)CNC1)C(F)(F)F. The molecular weight excluding hydrogens is 235 g/mol. The van der Waals surface area contributed by atoms with Gasteiger partial charge >= 0.3 is 12.1 Å². The van der Waals surface area contributed by atoms with Crippen LogP contribution < -0.4 is 5.32 Å². The van der Waals surface area contributed by atoms with Gasteiger partial charge in [0.25, 0.3) is 0 Å². The van der Waals surface area contributed by atoms with Gasteiger partial charge in [0.2, 0.25) is 0 Å². The Balaban J connectivity index is 2.01. The molecule has 6 heteroatoms. The predicted molar refractivity (Wildman–Crippen MR) is 54.3 cm³/mol. The van der Waals surface area contributed by atoms with Gasteiger partial charge in [0.15, 0.2) is 0 Å². The second-order valence-electron chi connectivity index (χ2n) is 4.89. The molecule has 1 saturated heterocycles. The van der Waals surface area contributed by atoms with Crippen molar-refractivity contribution < 1.29 is 22.7 Å². The molecule has 0 bridgehead atoms. The number of rotatable bonds is 2. The van der Waals surface area contributed by atoms with Gasteiger partial charge in [-0.3, -0.25) is 0 Å². The fourth-order valence-electron chi connectivity index (χ4n) is 2.69. The molecule has 0 amide bonds. The van der Waals surface area contributed by atoms with E-state index in [1.54, 1.807) is 0 Å². The van der Waals surface area contributed by atoms with E-state index in [0.29, 0.717) is 13.1 Å². The summed E-state index contributed by atoms with van der Waals surface area (Å²) in [5.74, 6) is -1.98. The molecule has 2 fully saturated rings. The molecule has 1 aliphatic heterocycles. The Kier molecular flexibility index (Phi) is 3.34. The quantitative estimate of drug-likeness (QED) is 0.763. The zero-order valence-electron chi connectivity index (χ0n) is 9.48. The van der Waals surface area contributed by atoms with E-state index in [9.17, 15) is 18.0 Å². The number of esters is 1. The maximum Gasteiger partial charge on any atom is 0.490 e. The van der Waals surface area contributed by atoms with Crippen LogP contribution in [0.3, 0.4) is 0 Å². The number of ether oxygens (including phenoxy) is 1. The molecular formula is C11H16F3NO2. The summed E-state index contributed by atoms with van der Waals surface area (Å²) in [6, 6.07) is 0. The fourth-order valence-corrected chi connectivity index (χ4v) is 2.69. The van der Waals surface area contributed by atoms with Gasteiger partial charge in [-0.25, -0.2) is 4.79 Å². The lowest BCUT2D eigenvalue weighted by molar-refractivity contribution is -0.225. The number of hydrogen-bond acceptors (Lipinski definition) is 3. The van der Waals surface area contributed by atoms with Crippen molar-refractivity contribution in [2.45, 2.75) is 43.9 Å². The van der Waals surface area contributed by atoms with E-state index < -0.39 is 17.7 Å². The molecule has 2 rings (SSSR count). The molecule has 1 saturated carbocycles. The number of carbonyl (C=O) groups is 1. The summed E-state index contributed by atoms with van der Waals surface area (Å²) in [7, 11) is 0. The van der Waals surface area contributed by atoms with E-state index in [-0.39, 0.29) is 5.92 Å². The molecule has 0 atom stereocenters. The van der Waals surface area contributed by atoms with Gasteiger partial charge in [0, 0.05) is 19.0 Å². The average Bonchev–Trinajstić information content (AvgIpc) is 2.23. The van der Waals surface area contributed by atoms with Gasteiger partial charge in [-0.2, -0.15) is 13.2 Å². The van der Waals surface area contributed by atoms with Crippen LogP contribution in [0.5, 0.6) is 0 Å². The van der Waals surface area contributed by atoms with Crippen molar-refractivity contribution >= 4 is 5.97 Å². The molecule has 0 aromatic heterocycles. The molecule has 0 aromatic carbocycles. The highest BCUT2D eigenvalue weighted by Gasteiger charge is 2.52. The first-order valence-electron chi connectivity index (χ1n) is 5.95. The van der Waals surface area contributed by atoms with Crippen molar-refractivity contribution in [2.75, 3.05) is 13.1 Å². The smallest absolute Gasteiger partial charge is 0.449 e. The van der Waals surface area contributed by atoms with Crippen LogP contribution in [0.4, 0.5) is 13.2 Å². The standard InChI is InChI=1S/C11H16F3NO2/c12-11(13,14)9(16)17-10(6-15-7-10)8-4-2-1-3-5-8/h8,15H,1-7H2. The van der Waals surface area contributed by atoms with Crippen molar-refractivity contribution in [3.05, 3.63) is 0 Å². The lowest BCUT2D eigenvalue weighted by Crippen LogP contribution is -2.66. The molecule has 3 nitrogen and oxygen atoms in total. The Morgan fingerprint density at radius 2 is 1.76 bits per heavy atom. The summed E-state index contributed by atoms with van der Waals surface area (Å²) < 4.78 is 41.4. The van der Waals surface area contributed by atoms with Gasteiger partial charge in [-0.15, -0.1) is 0 Å². The summed E-state index contributed by atoms with van der Waals surface area (Å²) in [5.41, 5.74) is -0.910. The fraction of sp³-hybridized carbons (Fsp3) is 0.909. The lowest BCUT2D eigenvalue weighted by atomic mass is 9.73. The van der Waals surface area contributed by atoms with E-state index >= 15 is 0 Å². The van der Waals surface area contributed by atoms with Crippen LogP contribution in [0.1, 0.15) is 32.1 Å². The number of hydrogen-bond donors (Lipinski definition) is 1. The van der Waals surface area contributed by atoms with Gasteiger partial charge in [0.05, 0.1) is 0 Å². The van der Waals surface area contributed by atoms with E-state index in [1.165, 1.54) is 0 Å². The molecule has 1 aliphatic carbocycles. The van der Waals surface area contributed by atoms with Crippen molar-refractivity contribution in [2.24, 2.45) is 5.92 Å². The predicted octanol–water partition coefficient (Wildman–Crippen LogP) is 2.01. The minimum atomic E-state index is -4.89. The van der Waals surface area contributed by atoms with Crippen LogP contribution in [-0.4, -0.2) is 30.8 Å². The molecule has 0 radical (unpaired) electrons. The molecule has 0 aromatic rings. The molecule has 1 heterocycles. The van der Waals surface area contributed by atoms with Crippen LogP contribution >= 0.6 is 0 Å². The third-order valence-corrected chi connectivity index (χ3v) is 3.73. The molecule has 0 spiro atoms. The van der Waals surface area contributed by atoms with Gasteiger partial charge in [-0.1, -0.05) is 19.3 Å². The minimum absolute atomic E-state index is 0.0730. The Labute approximate surface area is 97.7 Å². The van der Waals surface area contributed by atoms with Crippen LogP contribution in [-0.2, 0) is 9.53 Å². The van der Waals surface area contributed by atoms with Gasteiger partial charge in [0.1, 0.15) is 5.60 Å². The van der Waals surface area contributed by atoms with Crippen LogP contribution in [0.25, 0.3) is 0 Å². The largest absolute Gasteiger partial charge is 0.490 e. The van der Waals surface area contributed by atoms with E-state index in [4.69, 9.17) is 4.74 Å². The zero-order valence-corrected chi connectivity index (χ0v) is 9.48. The first-order chi connectivity index (χ1) is 7.94. The van der Waals surface area contributed by atoms with Crippen LogP contribution in [0.2, 0.25) is 0 Å². The first kappa shape index (κ1) is 12.7. The van der Waals surface area contributed by atoms with Crippen molar-refractivity contribution in [3.63, 3.8) is 0 Å². The van der Waals surface area contributed by atoms with Gasteiger partial charge < -0.3 is 10.1 Å². The highest BCUT2D eigenvalue weighted by atomic mass is 19.4. The normalized spacial score (nSPS) is 25.1. The summed E-state index contributed by atoms with van der Waals surface area (Å²) in [6.07, 6.45) is -0.0455. The molecule has 2 aliphatic rings. The third kappa shape index (κ3) is 2.56. The Morgan fingerprint density at radius 1 is 1.18 bits per heavy atom. The van der Waals surface area contributed by atoms with Crippen LogP contribution in [0, 0.1) is 5.92 Å². The Bertz CT molecular complexity index is 294. The highest BCUT2D eigenvalue weighted by Crippen LogP contribution is 2.38. The van der Waals surface area contributed by atoms with E-state index in [2.05, 4.69) is 5.32 Å². The number of nitrogens with one attached hydrogen (secondary N) is 1. The summed E-state index contributed by atoms with van der Waals surface area (Å²) in [6.45, 7) is 0.693. The van der Waals surface area contributed by atoms with Crippen molar-refractivity contribution in [3.8, 4) is 0 Å². The minimum Gasteiger partial charge on any atom is -0.449 e. The number of carbonyl (C=O) groups excluding carboxylic acids is 1. The monoisotopic (exact) mass is 251 g/mol.